The van der Waals surface area contributed by atoms with E-state index in [9.17, 15) is 9.59 Å². The minimum absolute atomic E-state index is 0.0294. The number of nitriles is 1. The molecule has 1 atom stereocenters. The first-order chi connectivity index (χ1) is 10.2. The SMILES string of the molecule is CC(Nc1c(Nc2cccc(C#N)c2)c(=O)c1=O)C(C)(C)C. The Hall–Kier alpha value is -2.61. The number of benzene rings is 1. The van der Waals surface area contributed by atoms with Crippen LogP contribution in [0.15, 0.2) is 33.9 Å². The molecule has 0 aliphatic carbocycles. The summed E-state index contributed by atoms with van der Waals surface area (Å²) in [5, 5.41) is 15.0. The Labute approximate surface area is 129 Å². The van der Waals surface area contributed by atoms with Gasteiger partial charge in [-0.25, -0.2) is 0 Å². The molecule has 0 radical (unpaired) electrons. The van der Waals surface area contributed by atoms with Crippen molar-refractivity contribution in [2.75, 3.05) is 10.6 Å². The lowest BCUT2D eigenvalue weighted by Crippen LogP contribution is -2.41. The van der Waals surface area contributed by atoms with Crippen LogP contribution < -0.4 is 21.5 Å². The Morgan fingerprint density at radius 3 is 2.36 bits per heavy atom. The second-order valence-corrected chi connectivity index (χ2v) is 6.46. The van der Waals surface area contributed by atoms with Crippen molar-refractivity contribution in [3.8, 4) is 6.07 Å². The van der Waals surface area contributed by atoms with Crippen LogP contribution >= 0.6 is 0 Å². The lowest BCUT2D eigenvalue weighted by atomic mass is 9.87. The largest absolute Gasteiger partial charge is 0.377 e. The van der Waals surface area contributed by atoms with Gasteiger partial charge in [0.05, 0.1) is 11.6 Å². The molecule has 2 aromatic carbocycles. The molecule has 114 valence electrons. The Morgan fingerprint density at radius 2 is 1.77 bits per heavy atom. The van der Waals surface area contributed by atoms with Gasteiger partial charge in [-0.1, -0.05) is 26.8 Å². The van der Waals surface area contributed by atoms with Gasteiger partial charge in [0.25, 0.3) is 10.9 Å². The first-order valence-corrected chi connectivity index (χ1v) is 7.11. The van der Waals surface area contributed by atoms with Crippen molar-refractivity contribution in [3.63, 3.8) is 0 Å². The van der Waals surface area contributed by atoms with Crippen LogP contribution in [0, 0.1) is 16.7 Å². The van der Waals surface area contributed by atoms with Gasteiger partial charge in [-0.2, -0.15) is 5.26 Å². The zero-order valence-electron chi connectivity index (χ0n) is 13.2. The summed E-state index contributed by atoms with van der Waals surface area (Å²) in [7, 11) is 0. The minimum atomic E-state index is -0.536. The van der Waals surface area contributed by atoms with E-state index in [4.69, 9.17) is 5.26 Å². The number of hydrogen-bond acceptors (Lipinski definition) is 5. The van der Waals surface area contributed by atoms with Crippen LogP contribution in [-0.4, -0.2) is 6.04 Å². The molecule has 0 aromatic heterocycles. The maximum Gasteiger partial charge on any atom is 0.253 e. The first-order valence-electron chi connectivity index (χ1n) is 7.11. The molecule has 22 heavy (non-hydrogen) atoms. The molecule has 2 rings (SSSR count). The van der Waals surface area contributed by atoms with Crippen LogP contribution in [0.2, 0.25) is 0 Å². The average Bonchev–Trinajstić information content (AvgIpc) is 2.49. The monoisotopic (exact) mass is 297 g/mol. The molecule has 2 aromatic rings. The summed E-state index contributed by atoms with van der Waals surface area (Å²) in [5.74, 6) is 0. The fourth-order valence-corrected chi connectivity index (χ4v) is 1.89. The Kier molecular flexibility index (Phi) is 4.05. The van der Waals surface area contributed by atoms with Gasteiger partial charge in [0.2, 0.25) is 0 Å². The molecule has 2 N–H and O–H groups in total. The van der Waals surface area contributed by atoms with Gasteiger partial charge in [-0.3, -0.25) is 9.59 Å². The molecular formula is C17H19N3O2. The van der Waals surface area contributed by atoms with E-state index in [2.05, 4.69) is 31.4 Å². The summed E-state index contributed by atoms with van der Waals surface area (Å²) >= 11 is 0. The lowest BCUT2D eigenvalue weighted by molar-refractivity contribution is 0.359. The molecule has 5 heteroatoms. The van der Waals surface area contributed by atoms with Crippen molar-refractivity contribution in [1.29, 1.82) is 5.26 Å². The van der Waals surface area contributed by atoms with Gasteiger partial charge in [-0.15, -0.1) is 0 Å². The zero-order valence-corrected chi connectivity index (χ0v) is 13.2. The van der Waals surface area contributed by atoms with Crippen molar-refractivity contribution in [2.24, 2.45) is 5.41 Å². The van der Waals surface area contributed by atoms with Crippen molar-refractivity contribution in [1.82, 2.24) is 0 Å². The maximum absolute atomic E-state index is 11.8. The Bertz CT molecular complexity index is 803. The van der Waals surface area contributed by atoms with E-state index in [0.29, 0.717) is 16.9 Å². The third-order valence-corrected chi connectivity index (χ3v) is 3.83. The highest BCUT2D eigenvalue weighted by Gasteiger charge is 2.26. The predicted molar refractivity (Wildman–Crippen MR) is 88.3 cm³/mol. The number of anilines is 3. The molecule has 0 spiro atoms. The maximum atomic E-state index is 11.8. The smallest absolute Gasteiger partial charge is 0.253 e. The molecule has 1 unspecified atom stereocenters. The van der Waals surface area contributed by atoms with E-state index in [1.807, 2.05) is 13.0 Å². The molecule has 0 saturated heterocycles. The molecule has 0 fully saturated rings. The molecule has 0 saturated carbocycles. The molecule has 0 bridgehead atoms. The van der Waals surface area contributed by atoms with E-state index in [0.717, 1.165) is 0 Å². The number of rotatable bonds is 4. The van der Waals surface area contributed by atoms with Crippen LogP contribution in [0.25, 0.3) is 0 Å². The van der Waals surface area contributed by atoms with Gasteiger partial charge >= 0.3 is 0 Å². The van der Waals surface area contributed by atoms with Crippen LogP contribution in [-0.2, 0) is 0 Å². The van der Waals surface area contributed by atoms with Crippen LogP contribution in [0.3, 0.4) is 0 Å². The Morgan fingerprint density at radius 1 is 1.14 bits per heavy atom. The standard InChI is InChI=1S/C17H19N3O2/c1-10(17(2,3)4)19-13-14(16(22)15(13)21)20-12-7-5-6-11(8-12)9-18/h5-8,10,19-20H,1-4H3. The molecule has 0 aliphatic rings. The second-order valence-electron chi connectivity index (χ2n) is 6.46. The summed E-state index contributed by atoms with van der Waals surface area (Å²) in [4.78, 5) is 23.6. The third kappa shape index (κ3) is 3.01. The van der Waals surface area contributed by atoms with Gasteiger partial charge in [0.15, 0.2) is 0 Å². The van der Waals surface area contributed by atoms with Crippen molar-refractivity contribution in [3.05, 3.63) is 50.3 Å². The summed E-state index contributed by atoms with van der Waals surface area (Å²) in [6, 6.07) is 8.84. The van der Waals surface area contributed by atoms with Gasteiger partial charge in [0, 0.05) is 11.7 Å². The highest BCUT2D eigenvalue weighted by atomic mass is 16.2. The van der Waals surface area contributed by atoms with Crippen LogP contribution in [0.5, 0.6) is 0 Å². The van der Waals surface area contributed by atoms with Gasteiger partial charge in [0.1, 0.15) is 11.4 Å². The first kappa shape index (κ1) is 15.8. The summed E-state index contributed by atoms with van der Waals surface area (Å²) < 4.78 is 0. The van der Waals surface area contributed by atoms with E-state index in [1.165, 1.54) is 0 Å². The molecular weight excluding hydrogens is 278 g/mol. The molecule has 0 heterocycles. The predicted octanol–water partition coefficient (Wildman–Crippen LogP) is 2.74. The molecule has 5 nitrogen and oxygen atoms in total. The van der Waals surface area contributed by atoms with E-state index < -0.39 is 10.9 Å². The Balaban J connectivity index is 2.26. The average molecular weight is 297 g/mol. The number of nitrogens with one attached hydrogen (secondary N) is 2. The summed E-state index contributed by atoms with van der Waals surface area (Å²) in [5.41, 5.74) is 0.587. The second kappa shape index (κ2) is 5.64. The van der Waals surface area contributed by atoms with Crippen molar-refractivity contribution >= 4 is 17.1 Å². The van der Waals surface area contributed by atoms with Crippen LogP contribution in [0.4, 0.5) is 17.1 Å². The normalized spacial score (nSPS) is 12.7. The van der Waals surface area contributed by atoms with E-state index >= 15 is 0 Å². The van der Waals surface area contributed by atoms with Crippen molar-refractivity contribution < 1.29 is 0 Å². The lowest BCUT2D eigenvalue weighted by Gasteiger charge is -2.30. The molecule has 0 amide bonds. The quantitative estimate of drug-likeness (QED) is 0.848. The fraction of sp³-hybridized carbons (Fsp3) is 0.353. The number of hydrogen-bond donors (Lipinski definition) is 2. The summed E-state index contributed by atoms with van der Waals surface area (Å²) in [6.45, 7) is 8.13. The highest BCUT2D eigenvalue weighted by Crippen LogP contribution is 2.26. The van der Waals surface area contributed by atoms with Gasteiger partial charge < -0.3 is 10.6 Å². The summed E-state index contributed by atoms with van der Waals surface area (Å²) in [6.07, 6.45) is 0. The van der Waals surface area contributed by atoms with Crippen molar-refractivity contribution in [2.45, 2.75) is 33.7 Å². The fourth-order valence-electron chi connectivity index (χ4n) is 1.89. The van der Waals surface area contributed by atoms with E-state index in [-0.39, 0.29) is 17.1 Å². The zero-order chi connectivity index (χ0) is 16.5. The topological polar surface area (TPSA) is 82.0 Å². The molecule has 0 aliphatic heterocycles. The number of nitrogens with zero attached hydrogens (tertiary/aromatic N) is 1. The third-order valence-electron chi connectivity index (χ3n) is 3.83. The minimum Gasteiger partial charge on any atom is -0.377 e. The van der Waals surface area contributed by atoms with E-state index in [1.54, 1.807) is 24.3 Å². The van der Waals surface area contributed by atoms with Crippen LogP contribution in [0.1, 0.15) is 33.3 Å². The van der Waals surface area contributed by atoms with Gasteiger partial charge in [-0.05, 0) is 30.5 Å². The highest BCUT2D eigenvalue weighted by molar-refractivity contribution is 5.79.